The number of nitrogens with zero attached hydrogens (tertiary/aromatic N) is 5. The minimum Gasteiger partial charge on any atom is -0.484 e. The fourth-order valence-electron chi connectivity index (χ4n) is 6.13. The second-order valence-electron chi connectivity index (χ2n) is 13.0. The van der Waals surface area contributed by atoms with E-state index in [2.05, 4.69) is 9.88 Å². The molecule has 1 saturated heterocycles. The van der Waals surface area contributed by atoms with Gasteiger partial charge in [0.2, 0.25) is 5.88 Å². The van der Waals surface area contributed by atoms with Crippen molar-refractivity contribution in [1.82, 2.24) is 19.4 Å². The molecule has 0 N–H and O–H groups in total. The van der Waals surface area contributed by atoms with Gasteiger partial charge < -0.3 is 28.6 Å². The average molecular weight is 784 g/mol. The van der Waals surface area contributed by atoms with Crippen LogP contribution in [0.4, 0.5) is 32.0 Å². The van der Waals surface area contributed by atoms with Crippen LogP contribution in [0, 0.1) is 0 Å². The minimum atomic E-state index is -4.71. The number of alkyl halides is 6. The Morgan fingerprint density at radius 3 is 2.16 bits per heavy atom. The Bertz CT molecular complexity index is 2230. The number of esters is 1. The number of aromatic nitrogens is 2. The van der Waals surface area contributed by atoms with E-state index in [-0.39, 0.29) is 28.8 Å². The van der Waals surface area contributed by atoms with Crippen molar-refractivity contribution in [3.05, 3.63) is 107 Å². The Hall–Kier alpha value is -6.10. The molecule has 1 fully saturated rings. The van der Waals surface area contributed by atoms with Gasteiger partial charge >= 0.3 is 18.3 Å². The summed E-state index contributed by atoms with van der Waals surface area (Å²) in [6, 6.07) is 18.9. The maximum Gasteiger partial charge on any atom is 0.422 e. The Morgan fingerprint density at radius 2 is 1.54 bits per heavy atom. The zero-order chi connectivity index (χ0) is 40.4. The van der Waals surface area contributed by atoms with Crippen molar-refractivity contribution in [3.63, 3.8) is 0 Å². The Balaban J connectivity index is 1.06. The van der Waals surface area contributed by atoms with Crippen LogP contribution in [0.1, 0.15) is 38.9 Å². The topological polar surface area (TPSA) is 106 Å². The molecule has 3 heterocycles. The molecule has 0 aliphatic carbocycles. The molecule has 0 radical (unpaired) electrons. The monoisotopic (exact) mass is 783 g/mol. The van der Waals surface area contributed by atoms with Crippen molar-refractivity contribution < 1.29 is 54.9 Å². The minimum absolute atomic E-state index is 0.135. The van der Waals surface area contributed by atoms with Gasteiger partial charge in [0.15, 0.2) is 6.61 Å². The number of pyridine rings is 1. The van der Waals surface area contributed by atoms with Gasteiger partial charge in [0.25, 0.3) is 11.8 Å². The van der Waals surface area contributed by atoms with E-state index >= 15 is 0 Å². The van der Waals surface area contributed by atoms with E-state index in [0.29, 0.717) is 50.2 Å². The number of carbonyl (C=O) groups is 3. The van der Waals surface area contributed by atoms with Crippen LogP contribution in [-0.2, 0) is 24.6 Å². The lowest BCUT2D eigenvalue weighted by atomic mass is 10.1. The molecule has 0 bridgehead atoms. The molecule has 0 atom stereocenters. The van der Waals surface area contributed by atoms with Crippen molar-refractivity contribution >= 4 is 34.4 Å². The first-order chi connectivity index (χ1) is 26.4. The third-order valence-electron chi connectivity index (χ3n) is 9.06. The van der Waals surface area contributed by atoms with Gasteiger partial charge in [-0.1, -0.05) is 12.1 Å². The molecule has 2 amide bonds. The lowest BCUT2D eigenvalue weighted by Gasteiger charge is -2.34. The Kier molecular flexibility index (Phi) is 11.3. The van der Waals surface area contributed by atoms with Gasteiger partial charge in [0.05, 0.1) is 28.5 Å². The van der Waals surface area contributed by atoms with Crippen LogP contribution in [0.25, 0.3) is 10.9 Å². The molecule has 1 aliphatic heterocycles. The molecule has 0 saturated carbocycles. The van der Waals surface area contributed by atoms with Crippen molar-refractivity contribution in [2.75, 3.05) is 44.7 Å². The summed E-state index contributed by atoms with van der Waals surface area (Å²) < 4.78 is 94.5. The summed E-state index contributed by atoms with van der Waals surface area (Å²) in [5, 5.41) is 0.810. The normalized spacial score (nSPS) is 13.8. The highest BCUT2D eigenvalue weighted by atomic mass is 19.4. The third-order valence-corrected chi connectivity index (χ3v) is 9.06. The van der Waals surface area contributed by atoms with Gasteiger partial charge in [-0.05, 0) is 60.2 Å². The number of hydrogen-bond acceptors (Lipinski definition) is 8. The Labute approximate surface area is 316 Å². The van der Waals surface area contributed by atoms with Crippen LogP contribution < -0.4 is 19.1 Å². The summed E-state index contributed by atoms with van der Waals surface area (Å²) in [6.07, 6.45) is -7.78. The van der Waals surface area contributed by atoms with Crippen molar-refractivity contribution in [1.29, 1.82) is 0 Å². The average Bonchev–Trinajstić information content (AvgIpc) is 3.48. The van der Waals surface area contributed by atoms with E-state index in [4.69, 9.17) is 14.2 Å². The molecule has 2 aromatic heterocycles. The van der Waals surface area contributed by atoms with Crippen LogP contribution in [0.5, 0.6) is 23.1 Å². The maximum atomic E-state index is 13.6. The highest BCUT2D eigenvalue weighted by molar-refractivity contribution is 6.08. The number of fused-ring (bicyclic) bond motifs is 1. The molecule has 11 nitrogen and oxygen atoms in total. The van der Waals surface area contributed by atoms with Gasteiger partial charge in [-0.25, -0.2) is 4.98 Å². The van der Waals surface area contributed by atoms with Crippen LogP contribution in [0.2, 0.25) is 0 Å². The van der Waals surface area contributed by atoms with E-state index in [1.54, 1.807) is 46.8 Å². The summed E-state index contributed by atoms with van der Waals surface area (Å²) >= 11 is 0. The number of benzene rings is 3. The summed E-state index contributed by atoms with van der Waals surface area (Å²) in [6.45, 7) is 2.44. The summed E-state index contributed by atoms with van der Waals surface area (Å²) in [5.41, 5.74) is 1.08. The van der Waals surface area contributed by atoms with Gasteiger partial charge in [-0.15, -0.1) is 0 Å². The number of aryl methyl sites for hydroxylation is 1. The number of ether oxygens (including phenoxy) is 3. The first-order valence-corrected chi connectivity index (χ1v) is 17.2. The second-order valence-corrected chi connectivity index (χ2v) is 13.0. The van der Waals surface area contributed by atoms with Crippen LogP contribution in [0.15, 0.2) is 85.1 Å². The van der Waals surface area contributed by atoms with Gasteiger partial charge in [0, 0.05) is 71.3 Å². The second kappa shape index (κ2) is 15.9. The fraction of sp³-hybridized carbons (Fsp3) is 0.282. The molecular weight excluding hydrogens is 748 g/mol. The number of carbonyl (C=O) groups excluding carboxylic acids is 3. The summed E-state index contributed by atoms with van der Waals surface area (Å²) in [5.74, 6) is -1.55. The van der Waals surface area contributed by atoms with Crippen molar-refractivity contribution in [3.8, 4) is 23.1 Å². The number of amides is 2. The van der Waals surface area contributed by atoms with Crippen LogP contribution in [0.3, 0.4) is 0 Å². The van der Waals surface area contributed by atoms with Gasteiger partial charge in [0.1, 0.15) is 22.9 Å². The number of piperazine rings is 1. The quantitative estimate of drug-likeness (QED) is 0.0816. The largest absolute Gasteiger partial charge is 0.484 e. The smallest absolute Gasteiger partial charge is 0.422 e. The number of anilines is 1. The fourth-order valence-corrected chi connectivity index (χ4v) is 6.13. The third kappa shape index (κ3) is 9.39. The first-order valence-electron chi connectivity index (χ1n) is 17.2. The zero-order valence-electron chi connectivity index (χ0n) is 30.3. The molecule has 0 spiro atoms. The van der Waals surface area contributed by atoms with Crippen molar-refractivity contribution in [2.24, 2.45) is 7.05 Å². The predicted molar refractivity (Wildman–Crippen MR) is 192 cm³/mol. The summed E-state index contributed by atoms with van der Waals surface area (Å²) in [7, 11) is 3.17. The molecule has 17 heteroatoms. The first kappa shape index (κ1) is 39.6. The molecule has 0 unspecified atom stereocenters. The van der Waals surface area contributed by atoms with E-state index in [9.17, 15) is 40.7 Å². The standard InChI is InChI=1S/C39H35F6N5O6/c1-24(51)55-34-19-27(39(43,44)45)7-12-31(34)36(52)47(2)28-8-13-35(46-21-28)56-30-11-6-26-18-33(48(3)32(26)20-30)37(53)50-16-14-49(15-17-50)22-25-4-9-29(10-5-25)54-23-38(40,41)42/h4-13,18-21H,14-17,22-23H2,1-3H3. The number of halogens is 6. The molecule has 6 rings (SSSR count). The molecule has 1 aliphatic rings. The molecular formula is C39H35F6N5O6. The molecule has 294 valence electrons. The number of rotatable bonds is 10. The van der Waals surface area contributed by atoms with E-state index in [1.165, 1.54) is 37.5 Å². The van der Waals surface area contributed by atoms with E-state index < -0.39 is 42.1 Å². The summed E-state index contributed by atoms with van der Waals surface area (Å²) in [4.78, 5) is 47.8. The van der Waals surface area contributed by atoms with E-state index in [1.807, 2.05) is 6.07 Å². The van der Waals surface area contributed by atoms with Crippen LogP contribution >= 0.6 is 0 Å². The van der Waals surface area contributed by atoms with Gasteiger partial charge in [-0.3, -0.25) is 19.3 Å². The zero-order valence-corrected chi connectivity index (χ0v) is 30.3. The van der Waals surface area contributed by atoms with Crippen molar-refractivity contribution in [2.45, 2.75) is 25.8 Å². The molecule has 5 aromatic rings. The SMILES string of the molecule is CC(=O)Oc1cc(C(F)(F)F)ccc1C(=O)N(C)c1ccc(Oc2ccc3cc(C(=O)N4CCN(Cc5ccc(OCC(F)(F)F)cc5)CC4)n(C)c3c2)nc1. The van der Waals surface area contributed by atoms with Crippen LogP contribution in [-0.4, -0.2) is 83.1 Å². The molecule has 56 heavy (non-hydrogen) atoms. The predicted octanol–water partition coefficient (Wildman–Crippen LogP) is 7.49. The van der Waals surface area contributed by atoms with Gasteiger partial charge in [-0.2, -0.15) is 26.3 Å². The van der Waals surface area contributed by atoms with E-state index in [0.717, 1.165) is 40.4 Å². The lowest BCUT2D eigenvalue weighted by molar-refractivity contribution is -0.153. The highest BCUT2D eigenvalue weighted by Crippen LogP contribution is 2.34. The molecule has 3 aromatic carbocycles. The Morgan fingerprint density at radius 1 is 0.839 bits per heavy atom. The maximum absolute atomic E-state index is 13.6. The highest BCUT2D eigenvalue weighted by Gasteiger charge is 2.33. The lowest BCUT2D eigenvalue weighted by Crippen LogP contribution is -2.48. The number of hydrogen-bond donors (Lipinski definition) is 0.